The van der Waals surface area contributed by atoms with Crippen LogP contribution in [0.2, 0.25) is 0 Å². The number of hydrogen-bond acceptors (Lipinski definition) is 3. The van der Waals surface area contributed by atoms with Gasteiger partial charge in [0.1, 0.15) is 0 Å². The third-order valence-corrected chi connectivity index (χ3v) is 8.66. The molecule has 1 aromatic heterocycles. The molecule has 1 aromatic carbocycles. The van der Waals surface area contributed by atoms with E-state index in [0.29, 0.717) is 42.2 Å². The average molecular weight is 350 g/mol. The first-order chi connectivity index (χ1) is 7.33. The molecule has 1 fully saturated rings. The molecule has 0 saturated carbocycles. The molecule has 0 bridgehead atoms. The number of benzene rings is 1. The average Bonchev–Trinajstić information content (AvgIpc) is 2.82. The molecule has 1 aliphatic rings. The second kappa shape index (κ2) is 4.27. The maximum atomic E-state index is 5.48. The van der Waals surface area contributed by atoms with Crippen LogP contribution in [0.3, 0.4) is 0 Å². The fraction of sp³-hybridized carbons (Fsp3) is 0.300. The van der Waals surface area contributed by atoms with E-state index >= 15 is 0 Å². The van der Waals surface area contributed by atoms with Crippen molar-refractivity contribution in [1.29, 1.82) is 0 Å². The first kappa shape index (κ1) is 10.4. The van der Waals surface area contributed by atoms with Crippen LogP contribution < -0.4 is 0 Å². The fourth-order valence-electron chi connectivity index (χ4n) is 1.59. The van der Waals surface area contributed by atoms with E-state index in [9.17, 15) is 0 Å². The van der Waals surface area contributed by atoms with Crippen molar-refractivity contribution in [3.8, 4) is 0 Å². The molecular formula is C10H8O2SSe2. The van der Waals surface area contributed by atoms with Gasteiger partial charge in [-0.1, -0.05) is 0 Å². The standard InChI is InChI=1S/C10H8O2SSe2/c13-10-14-7-2-1-6(5-8(7)15-10)9-11-3-4-12-9/h1-2,5,9H,3-4H2. The first-order valence-electron chi connectivity index (χ1n) is 4.60. The van der Waals surface area contributed by atoms with Crippen LogP contribution >= 0.6 is 12.2 Å². The molecule has 0 radical (unpaired) electrons. The zero-order chi connectivity index (χ0) is 10.3. The van der Waals surface area contributed by atoms with E-state index < -0.39 is 0 Å². The molecule has 1 saturated heterocycles. The summed E-state index contributed by atoms with van der Waals surface area (Å²) in [5.41, 5.74) is 1.15. The van der Waals surface area contributed by atoms with Crippen LogP contribution in [-0.4, -0.2) is 42.2 Å². The van der Waals surface area contributed by atoms with Gasteiger partial charge >= 0.3 is 105 Å². The Morgan fingerprint density at radius 2 is 1.87 bits per heavy atom. The number of rotatable bonds is 1. The third-order valence-electron chi connectivity index (χ3n) is 2.25. The van der Waals surface area contributed by atoms with E-state index in [1.54, 1.807) is 0 Å². The SMILES string of the molecule is S=c1[se]c2ccc(C3OCCO3)cc2[se]1. The molecule has 78 valence electrons. The van der Waals surface area contributed by atoms with Crippen molar-refractivity contribution in [3.05, 3.63) is 26.0 Å². The van der Waals surface area contributed by atoms with E-state index in [1.165, 1.54) is 10.8 Å². The quantitative estimate of drug-likeness (QED) is 0.577. The van der Waals surface area contributed by atoms with Gasteiger partial charge in [0.15, 0.2) is 0 Å². The molecule has 2 heterocycles. The van der Waals surface area contributed by atoms with Gasteiger partial charge in [0, 0.05) is 0 Å². The summed E-state index contributed by atoms with van der Waals surface area (Å²) < 4.78 is 15.1. The van der Waals surface area contributed by atoms with E-state index in [-0.39, 0.29) is 6.29 Å². The van der Waals surface area contributed by atoms with Crippen molar-refractivity contribution in [2.75, 3.05) is 13.2 Å². The Balaban J connectivity index is 2.08. The second-order valence-corrected chi connectivity index (χ2v) is 10.5. The van der Waals surface area contributed by atoms with Crippen LogP contribution in [-0.2, 0) is 9.47 Å². The molecule has 2 aromatic rings. The van der Waals surface area contributed by atoms with Gasteiger partial charge in [0.05, 0.1) is 0 Å². The van der Waals surface area contributed by atoms with Gasteiger partial charge in [-0.25, -0.2) is 0 Å². The van der Waals surface area contributed by atoms with Crippen LogP contribution in [0.25, 0.3) is 8.52 Å². The first-order valence-corrected chi connectivity index (χ1v) is 8.43. The van der Waals surface area contributed by atoms with Crippen molar-refractivity contribution in [2.24, 2.45) is 0 Å². The molecule has 0 unspecified atom stereocenters. The van der Waals surface area contributed by atoms with Crippen molar-refractivity contribution < 1.29 is 9.47 Å². The second-order valence-electron chi connectivity index (χ2n) is 3.23. The third kappa shape index (κ3) is 2.06. The summed E-state index contributed by atoms with van der Waals surface area (Å²) in [6.45, 7) is 1.41. The summed E-state index contributed by atoms with van der Waals surface area (Å²) in [5.74, 6) is 0. The molecule has 0 aliphatic carbocycles. The van der Waals surface area contributed by atoms with Crippen LogP contribution in [0, 0.1) is 2.26 Å². The van der Waals surface area contributed by atoms with Gasteiger partial charge in [-0.3, -0.25) is 0 Å². The Labute approximate surface area is 104 Å². The summed E-state index contributed by atoms with van der Waals surface area (Å²) >= 11 is 6.13. The van der Waals surface area contributed by atoms with Gasteiger partial charge in [-0.2, -0.15) is 0 Å². The van der Waals surface area contributed by atoms with Crippen LogP contribution in [0.1, 0.15) is 11.9 Å². The van der Waals surface area contributed by atoms with Gasteiger partial charge in [0.25, 0.3) is 0 Å². The Morgan fingerprint density at radius 3 is 2.67 bits per heavy atom. The summed E-state index contributed by atoms with van der Waals surface area (Å²) in [7, 11) is 0. The zero-order valence-corrected chi connectivity index (χ0v) is 12.0. The number of hydrogen-bond donors (Lipinski definition) is 0. The molecule has 2 nitrogen and oxygen atoms in total. The fourth-order valence-corrected chi connectivity index (χ4v) is 8.06. The maximum absolute atomic E-state index is 5.48. The van der Waals surface area contributed by atoms with E-state index in [4.69, 9.17) is 21.7 Å². The summed E-state index contributed by atoms with van der Waals surface area (Å²) in [6, 6.07) is 6.52. The van der Waals surface area contributed by atoms with Crippen molar-refractivity contribution in [1.82, 2.24) is 0 Å². The van der Waals surface area contributed by atoms with Crippen LogP contribution in [0.4, 0.5) is 0 Å². The molecule has 3 rings (SSSR count). The molecule has 1 aliphatic heterocycles. The Bertz CT molecular complexity index is 540. The Hall–Kier alpha value is 0.269. The molecule has 0 N–H and O–H groups in total. The van der Waals surface area contributed by atoms with Gasteiger partial charge < -0.3 is 0 Å². The number of ether oxygens (including phenoxy) is 2. The van der Waals surface area contributed by atoms with Gasteiger partial charge in [0.2, 0.25) is 0 Å². The molecule has 0 atom stereocenters. The molecular weight excluding hydrogens is 342 g/mol. The summed E-state index contributed by atoms with van der Waals surface area (Å²) in [5, 5.41) is 0. The zero-order valence-electron chi connectivity index (χ0n) is 7.76. The molecule has 5 heteroatoms. The van der Waals surface area contributed by atoms with E-state index in [2.05, 4.69) is 18.2 Å². The molecule has 15 heavy (non-hydrogen) atoms. The minimum atomic E-state index is -0.146. The Morgan fingerprint density at radius 1 is 1.13 bits per heavy atom. The molecule has 0 spiro atoms. The van der Waals surface area contributed by atoms with Crippen molar-refractivity contribution >= 4 is 49.7 Å². The van der Waals surface area contributed by atoms with Crippen molar-refractivity contribution in [3.63, 3.8) is 0 Å². The van der Waals surface area contributed by atoms with E-state index in [1.807, 2.05) is 0 Å². The van der Waals surface area contributed by atoms with Crippen LogP contribution in [0.5, 0.6) is 0 Å². The predicted octanol–water partition coefficient (Wildman–Crippen LogP) is 1.73. The normalized spacial score (nSPS) is 17.6. The summed E-state index contributed by atoms with van der Waals surface area (Å²) in [4.78, 5) is 0. The summed E-state index contributed by atoms with van der Waals surface area (Å²) in [6.07, 6.45) is -0.146. The topological polar surface area (TPSA) is 18.5 Å². The van der Waals surface area contributed by atoms with Crippen molar-refractivity contribution in [2.45, 2.75) is 6.29 Å². The number of fused-ring (bicyclic) bond motifs is 1. The monoisotopic (exact) mass is 352 g/mol. The molecule has 0 amide bonds. The minimum absolute atomic E-state index is 0.146. The van der Waals surface area contributed by atoms with E-state index in [0.717, 1.165) is 5.56 Å². The van der Waals surface area contributed by atoms with Crippen LogP contribution in [0.15, 0.2) is 18.2 Å². The Kier molecular flexibility index (Phi) is 2.96. The van der Waals surface area contributed by atoms with Gasteiger partial charge in [-0.15, -0.1) is 0 Å². The predicted molar refractivity (Wildman–Crippen MR) is 63.3 cm³/mol. The van der Waals surface area contributed by atoms with Gasteiger partial charge in [-0.05, 0) is 0 Å².